The molecule has 1 aliphatic rings. The zero-order valence-electron chi connectivity index (χ0n) is 26.3. The summed E-state index contributed by atoms with van der Waals surface area (Å²) in [5.41, 5.74) is 2.03. The first kappa shape index (κ1) is 33.3. The lowest BCUT2D eigenvalue weighted by Gasteiger charge is -2.27. The summed E-state index contributed by atoms with van der Waals surface area (Å²) in [6.07, 6.45) is 2.43. The molecule has 0 saturated carbocycles. The van der Waals surface area contributed by atoms with Crippen LogP contribution >= 0.6 is 7.60 Å². The number of hydrogen-bond donors (Lipinski definition) is 3. The quantitative estimate of drug-likeness (QED) is 0.181. The van der Waals surface area contributed by atoms with E-state index in [9.17, 15) is 9.36 Å². The summed E-state index contributed by atoms with van der Waals surface area (Å²) >= 11 is 0. The standard InChI is InChI=1S/C31H42FN6O5P/c1-8-24(41-10-3)25-26(32)22(16-23-27(25)38(6)29(36-23)37-30(39)33-9-2)21-17-34-28(35-18-21)31(4,5)43-44(7,40)42-19-20-14-12-11-13-15-20/h11-18,24,29,36H,8-10,19H2,1-7H3,(H2,33,37,39). The lowest BCUT2D eigenvalue weighted by molar-refractivity contribution is 0.0577. The van der Waals surface area contributed by atoms with Gasteiger partial charge in [0.15, 0.2) is 12.1 Å². The predicted octanol–water partition coefficient (Wildman–Crippen LogP) is 6.53. The van der Waals surface area contributed by atoms with Crippen LogP contribution in [0.3, 0.4) is 0 Å². The number of anilines is 2. The molecule has 0 saturated heterocycles. The van der Waals surface area contributed by atoms with Crippen LogP contribution in [0.1, 0.15) is 64.1 Å². The van der Waals surface area contributed by atoms with Crippen molar-refractivity contribution in [1.82, 2.24) is 20.6 Å². The number of nitrogens with one attached hydrogen (secondary N) is 3. The Balaban J connectivity index is 1.62. The summed E-state index contributed by atoms with van der Waals surface area (Å²) in [6, 6.07) is 10.7. The maximum absolute atomic E-state index is 16.5. The Morgan fingerprint density at radius 3 is 2.48 bits per heavy atom. The van der Waals surface area contributed by atoms with Crippen molar-refractivity contribution >= 4 is 25.0 Å². The fourth-order valence-electron chi connectivity index (χ4n) is 5.14. The third-order valence-electron chi connectivity index (χ3n) is 7.17. The van der Waals surface area contributed by atoms with Gasteiger partial charge in [-0.15, -0.1) is 0 Å². The molecular weight excluding hydrogens is 586 g/mol. The molecule has 0 spiro atoms. The lowest BCUT2D eigenvalue weighted by Crippen LogP contribution is -2.51. The van der Waals surface area contributed by atoms with Crippen molar-refractivity contribution in [3.8, 4) is 11.1 Å². The van der Waals surface area contributed by atoms with E-state index in [4.69, 9.17) is 13.8 Å². The van der Waals surface area contributed by atoms with Gasteiger partial charge in [0.1, 0.15) is 11.4 Å². The van der Waals surface area contributed by atoms with E-state index in [1.54, 1.807) is 31.9 Å². The number of nitrogens with zero attached hydrogens (tertiary/aromatic N) is 3. The number of hydrogen-bond acceptors (Lipinski definition) is 9. The maximum Gasteiger partial charge on any atom is 0.328 e. The number of amides is 2. The molecule has 0 fully saturated rings. The molecule has 3 N–H and O–H groups in total. The fourth-order valence-corrected chi connectivity index (χ4v) is 6.49. The van der Waals surface area contributed by atoms with E-state index in [0.717, 1.165) is 5.56 Å². The normalized spacial score (nSPS) is 16.5. The van der Waals surface area contributed by atoms with Crippen molar-refractivity contribution in [3.63, 3.8) is 0 Å². The number of urea groups is 1. The first-order chi connectivity index (χ1) is 20.9. The smallest absolute Gasteiger partial charge is 0.328 e. The third-order valence-corrected chi connectivity index (χ3v) is 8.56. The van der Waals surface area contributed by atoms with Crippen LogP contribution in [0.5, 0.6) is 0 Å². The van der Waals surface area contributed by atoms with E-state index in [-0.39, 0.29) is 24.0 Å². The minimum absolute atomic E-state index is 0.133. The topological polar surface area (TPSA) is 127 Å². The van der Waals surface area contributed by atoms with Crippen molar-refractivity contribution in [2.45, 2.75) is 65.6 Å². The summed E-state index contributed by atoms with van der Waals surface area (Å²) in [5, 5.41) is 8.86. The van der Waals surface area contributed by atoms with Gasteiger partial charge in [0.25, 0.3) is 0 Å². The zero-order valence-corrected chi connectivity index (χ0v) is 27.2. The molecule has 1 aromatic heterocycles. The predicted molar refractivity (Wildman–Crippen MR) is 169 cm³/mol. The molecule has 0 bridgehead atoms. The molecule has 3 aromatic rings. The fraction of sp³-hybridized carbons (Fsp3) is 0.452. The van der Waals surface area contributed by atoms with Gasteiger partial charge in [-0.25, -0.2) is 19.2 Å². The average Bonchev–Trinajstić information content (AvgIpc) is 3.29. The summed E-state index contributed by atoms with van der Waals surface area (Å²) < 4.78 is 47.1. The molecule has 2 heterocycles. The molecule has 3 unspecified atom stereocenters. The Morgan fingerprint density at radius 1 is 1.18 bits per heavy atom. The largest absolute Gasteiger partial charge is 0.374 e. The minimum atomic E-state index is -3.49. The van der Waals surface area contributed by atoms with Gasteiger partial charge in [0.2, 0.25) is 0 Å². The van der Waals surface area contributed by atoms with E-state index >= 15 is 4.39 Å². The highest BCUT2D eigenvalue weighted by atomic mass is 31.2. The zero-order chi connectivity index (χ0) is 32.1. The second kappa shape index (κ2) is 14.0. The highest BCUT2D eigenvalue weighted by molar-refractivity contribution is 7.53. The highest BCUT2D eigenvalue weighted by Crippen LogP contribution is 2.51. The molecule has 0 aliphatic carbocycles. The van der Waals surface area contributed by atoms with Crippen LogP contribution in [-0.2, 0) is 30.6 Å². The van der Waals surface area contributed by atoms with Gasteiger partial charge in [0.05, 0.1) is 24.1 Å². The van der Waals surface area contributed by atoms with Gasteiger partial charge < -0.3 is 30.1 Å². The lowest BCUT2D eigenvalue weighted by atomic mass is 9.96. The van der Waals surface area contributed by atoms with Crippen LogP contribution in [0.15, 0.2) is 48.8 Å². The molecule has 44 heavy (non-hydrogen) atoms. The number of fused-ring (bicyclic) bond motifs is 1. The van der Waals surface area contributed by atoms with Gasteiger partial charge >= 0.3 is 13.6 Å². The maximum atomic E-state index is 16.5. The van der Waals surface area contributed by atoms with Gasteiger partial charge in [0, 0.05) is 55.9 Å². The average molecular weight is 629 g/mol. The number of carbonyl (C=O) groups excluding carboxylic acids is 1. The van der Waals surface area contributed by atoms with E-state index in [1.807, 2.05) is 51.1 Å². The molecule has 11 nitrogen and oxygen atoms in total. The van der Waals surface area contributed by atoms with E-state index in [1.165, 1.54) is 19.1 Å². The second-order valence-corrected chi connectivity index (χ2v) is 13.0. The van der Waals surface area contributed by atoms with Crippen molar-refractivity contribution in [2.24, 2.45) is 0 Å². The Morgan fingerprint density at radius 2 is 1.86 bits per heavy atom. The highest BCUT2D eigenvalue weighted by Gasteiger charge is 2.36. The summed E-state index contributed by atoms with van der Waals surface area (Å²) in [7, 11) is -1.70. The van der Waals surface area contributed by atoms with Crippen LogP contribution in [0.4, 0.5) is 20.6 Å². The van der Waals surface area contributed by atoms with Crippen LogP contribution in [0.25, 0.3) is 11.1 Å². The number of benzene rings is 2. The van der Waals surface area contributed by atoms with Crippen LogP contribution in [0, 0.1) is 5.82 Å². The Hall–Kier alpha value is -3.57. The van der Waals surface area contributed by atoms with Gasteiger partial charge in [-0.05, 0) is 45.7 Å². The van der Waals surface area contributed by atoms with Gasteiger partial charge in [-0.1, -0.05) is 37.3 Å². The van der Waals surface area contributed by atoms with Crippen LogP contribution in [0.2, 0.25) is 0 Å². The van der Waals surface area contributed by atoms with Gasteiger partial charge in [-0.3, -0.25) is 9.09 Å². The second-order valence-electron chi connectivity index (χ2n) is 11.0. The first-order valence-electron chi connectivity index (χ1n) is 14.7. The van der Waals surface area contributed by atoms with E-state index < -0.39 is 31.4 Å². The molecule has 1 aliphatic heterocycles. The number of ether oxygens (including phenoxy) is 1. The number of rotatable bonds is 13. The third kappa shape index (κ3) is 7.55. The summed E-state index contributed by atoms with van der Waals surface area (Å²) in [6.45, 7) is 11.4. The Bertz CT molecular complexity index is 1490. The van der Waals surface area contributed by atoms with E-state index in [0.29, 0.717) is 42.1 Å². The molecule has 2 amide bonds. The molecular formula is C31H42FN6O5P. The molecule has 13 heteroatoms. The Kier molecular flexibility index (Phi) is 10.6. The number of carbonyl (C=O) groups is 1. The van der Waals surface area contributed by atoms with E-state index in [2.05, 4.69) is 25.9 Å². The van der Waals surface area contributed by atoms with Crippen LogP contribution < -0.4 is 20.9 Å². The van der Waals surface area contributed by atoms with Crippen molar-refractivity contribution < 1.29 is 27.5 Å². The minimum Gasteiger partial charge on any atom is -0.374 e. The molecule has 238 valence electrons. The summed E-state index contributed by atoms with van der Waals surface area (Å²) in [5.74, 6) is -0.200. The van der Waals surface area contributed by atoms with Crippen molar-refractivity contribution in [1.29, 1.82) is 0 Å². The van der Waals surface area contributed by atoms with Crippen molar-refractivity contribution in [2.75, 3.05) is 37.1 Å². The van der Waals surface area contributed by atoms with Gasteiger partial charge in [-0.2, -0.15) is 0 Å². The number of halogens is 1. The first-order valence-corrected chi connectivity index (χ1v) is 16.7. The molecule has 3 atom stereocenters. The molecule has 0 radical (unpaired) electrons. The number of aromatic nitrogens is 2. The summed E-state index contributed by atoms with van der Waals surface area (Å²) in [4.78, 5) is 23.0. The molecule has 2 aromatic carbocycles. The monoisotopic (exact) mass is 628 g/mol. The van der Waals surface area contributed by atoms with Crippen LogP contribution in [-0.4, -0.2) is 49.2 Å². The molecule has 4 rings (SSSR count). The van der Waals surface area contributed by atoms with Crippen molar-refractivity contribution in [3.05, 3.63) is 71.6 Å². The SMILES string of the molecule is CCNC(=O)NC1Nc2cc(-c3cnc(C(C)(C)OP(C)(=O)OCc4ccccc4)nc3)c(F)c(C(CC)OCC)c2N1C. The Labute approximate surface area is 258 Å².